The topological polar surface area (TPSA) is 78.0 Å². The molecule has 2 aromatic heterocycles. The van der Waals surface area contributed by atoms with Crippen molar-refractivity contribution in [2.75, 3.05) is 18.8 Å². The van der Waals surface area contributed by atoms with Gasteiger partial charge in [-0.25, -0.2) is 9.37 Å². The highest BCUT2D eigenvalue weighted by Crippen LogP contribution is 2.37. The molecule has 0 amide bonds. The van der Waals surface area contributed by atoms with Gasteiger partial charge >= 0.3 is 0 Å². The Kier molecular flexibility index (Phi) is 5.63. The lowest BCUT2D eigenvalue weighted by atomic mass is 10.1. The molecular weight excluding hydrogens is 416 g/mol. The summed E-state index contributed by atoms with van der Waals surface area (Å²) in [5.74, 6) is 0.0218. The zero-order valence-electron chi connectivity index (χ0n) is 15.7. The van der Waals surface area contributed by atoms with Gasteiger partial charge in [-0.1, -0.05) is 23.2 Å². The van der Waals surface area contributed by atoms with Crippen molar-refractivity contribution in [2.45, 2.75) is 25.5 Å². The molecule has 9 heteroatoms. The molecule has 1 fully saturated rings. The first-order valence-electron chi connectivity index (χ1n) is 9.25. The molecule has 0 saturated carbocycles. The largest absolute Gasteiger partial charge is 0.482 e. The molecule has 3 heterocycles. The second-order valence-corrected chi connectivity index (χ2v) is 7.77. The normalized spacial score (nSPS) is 17.4. The number of rotatable bonds is 5. The molecule has 0 spiro atoms. The molecule has 1 unspecified atom stereocenters. The number of halogens is 3. The van der Waals surface area contributed by atoms with Gasteiger partial charge in [0.2, 0.25) is 0 Å². The molecule has 3 aromatic rings. The third-order valence-corrected chi connectivity index (χ3v) is 5.73. The van der Waals surface area contributed by atoms with E-state index in [1.165, 1.54) is 12.1 Å². The molecule has 0 radical (unpaired) electrons. The monoisotopic (exact) mass is 435 g/mol. The van der Waals surface area contributed by atoms with Crippen molar-refractivity contribution in [1.29, 1.82) is 0 Å². The van der Waals surface area contributed by atoms with Gasteiger partial charge in [0.05, 0.1) is 17.3 Å². The summed E-state index contributed by atoms with van der Waals surface area (Å²) in [6.45, 7) is 3.62. The van der Waals surface area contributed by atoms with Crippen molar-refractivity contribution in [2.24, 2.45) is 0 Å². The van der Waals surface area contributed by atoms with Gasteiger partial charge in [0.15, 0.2) is 11.6 Å². The van der Waals surface area contributed by atoms with Gasteiger partial charge in [-0.2, -0.15) is 5.10 Å². The summed E-state index contributed by atoms with van der Waals surface area (Å²) in [5.41, 5.74) is 8.08. The summed E-state index contributed by atoms with van der Waals surface area (Å²) < 4.78 is 21.8. The highest BCUT2D eigenvalue weighted by molar-refractivity contribution is 6.36. The third kappa shape index (κ3) is 4.03. The summed E-state index contributed by atoms with van der Waals surface area (Å²) in [6.07, 6.45) is 5.86. The van der Waals surface area contributed by atoms with Crippen molar-refractivity contribution in [3.8, 4) is 16.9 Å². The molecule has 1 aliphatic rings. The SMILES string of the molecule is CC(Oc1cc(-c2cnn([C@H]3CCNC3)c2)cnc1N)c1c(Cl)ccc(F)c1Cl. The van der Waals surface area contributed by atoms with E-state index in [-0.39, 0.29) is 10.8 Å². The zero-order chi connectivity index (χ0) is 20.5. The van der Waals surface area contributed by atoms with E-state index in [0.717, 1.165) is 30.6 Å². The number of nitrogens with two attached hydrogens (primary N) is 1. The van der Waals surface area contributed by atoms with Gasteiger partial charge in [0.25, 0.3) is 0 Å². The minimum atomic E-state index is -0.627. The van der Waals surface area contributed by atoms with E-state index in [2.05, 4.69) is 15.4 Å². The lowest BCUT2D eigenvalue weighted by Gasteiger charge is -2.19. The number of nitrogens with one attached hydrogen (secondary N) is 1. The van der Waals surface area contributed by atoms with Crippen molar-refractivity contribution in [3.63, 3.8) is 0 Å². The van der Waals surface area contributed by atoms with Crippen LogP contribution in [0.5, 0.6) is 5.75 Å². The van der Waals surface area contributed by atoms with Crippen LogP contribution in [0.3, 0.4) is 0 Å². The van der Waals surface area contributed by atoms with Gasteiger partial charge in [-0.15, -0.1) is 0 Å². The fraction of sp³-hybridized carbons (Fsp3) is 0.300. The number of hydrogen-bond donors (Lipinski definition) is 2. The molecular formula is C20H20Cl2FN5O. The first kappa shape index (κ1) is 19.9. The maximum atomic E-state index is 13.9. The maximum absolute atomic E-state index is 13.9. The quantitative estimate of drug-likeness (QED) is 0.570. The molecule has 6 nitrogen and oxygen atoms in total. The molecule has 2 atom stereocenters. The summed E-state index contributed by atoms with van der Waals surface area (Å²) in [4.78, 5) is 4.23. The number of anilines is 1. The van der Waals surface area contributed by atoms with Gasteiger partial charge in [-0.3, -0.25) is 4.68 Å². The maximum Gasteiger partial charge on any atom is 0.166 e. The van der Waals surface area contributed by atoms with Crippen LogP contribution in [0.4, 0.5) is 10.2 Å². The Hall–Kier alpha value is -2.35. The number of hydrogen-bond acceptors (Lipinski definition) is 5. The standard InChI is InChI=1S/C20H20Cl2FN5O/c1-11(18-15(21)2-3-16(23)19(18)22)29-17-6-12(7-26-20(17)24)13-8-27-28(10-13)14-4-5-25-9-14/h2-3,6-8,10-11,14,25H,4-5,9H2,1H3,(H2,24,26)/t11?,14-/m0/s1. The summed E-state index contributed by atoms with van der Waals surface area (Å²) in [5, 5.41) is 8.04. The zero-order valence-corrected chi connectivity index (χ0v) is 17.2. The van der Waals surface area contributed by atoms with E-state index in [4.69, 9.17) is 33.7 Å². The fourth-order valence-electron chi connectivity index (χ4n) is 3.42. The Morgan fingerprint density at radius 2 is 2.14 bits per heavy atom. The number of aromatic nitrogens is 3. The molecule has 1 aromatic carbocycles. The summed E-state index contributed by atoms with van der Waals surface area (Å²) in [7, 11) is 0. The number of ether oxygens (including phenoxy) is 1. The van der Waals surface area contributed by atoms with E-state index in [1.807, 2.05) is 10.9 Å². The first-order valence-corrected chi connectivity index (χ1v) is 10.0. The Morgan fingerprint density at radius 3 is 2.90 bits per heavy atom. The second kappa shape index (κ2) is 8.18. The van der Waals surface area contributed by atoms with Crippen molar-refractivity contribution >= 4 is 29.0 Å². The predicted octanol–water partition coefficient (Wildman–Crippen LogP) is 4.65. The lowest BCUT2D eigenvalue weighted by Crippen LogP contribution is -2.13. The van der Waals surface area contributed by atoms with Crippen LogP contribution in [0.1, 0.15) is 31.1 Å². The van der Waals surface area contributed by atoms with Crippen LogP contribution >= 0.6 is 23.2 Å². The molecule has 0 aliphatic carbocycles. The number of nitrogens with zero attached hydrogens (tertiary/aromatic N) is 3. The minimum absolute atomic E-state index is 0.0702. The highest BCUT2D eigenvalue weighted by Gasteiger charge is 2.21. The molecule has 152 valence electrons. The predicted molar refractivity (Wildman–Crippen MR) is 112 cm³/mol. The average Bonchev–Trinajstić information content (AvgIpc) is 3.38. The van der Waals surface area contributed by atoms with Crippen molar-refractivity contribution < 1.29 is 9.13 Å². The van der Waals surface area contributed by atoms with Gasteiger partial charge in [-0.05, 0) is 38.1 Å². The Labute approximate surface area is 177 Å². The Morgan fingerprint density at radius 1 is 1.31 bits per heavy atom. The second-order valence-electron chi connectivity index (χ2n) is 6.98. The summed E-state index contributed by atoms with van der Waals surface area (Å²) >= 11 is 12.3. The van der Waals surface area contributed by atoms with Gasteiger partial charge in [0, 0.05) is 40.7 Å². The van der Waals surface area contributed by atoms with E-state index in [1.54, 1.807) is 25.4 Å². The number of nitrogen functional groups attached to an aromatic ring is 1. The minimum Gasteiger partial charge on any atom is -0.482 e. The molecule has 4 rings (SSSR count). The van der Waals surface area contributed by atoms with E-state index in [0.29, 0.717) is 22.4 Å². The third-order valence-electron chi connectivity index (χ3n) is 5.01. The van der Waals surface area contributed by atoms with E-state index < -0.39 is 11.9 Å². The van der Waals surface area contributed by atoms with Crippen LogP contribution in [0.2, 0.25) is 10.0 Å². The molecule has 3 N–H and O–H groups in total. The summed E-state index contributed by atoms with van der Waals surface area (Å²) in [6, 6.07) is 4.80. The van der Waals surface area contributed by atoms with Crippen LogP contribution in [0.15, 0.2) is 36.8 Å². The smallest absolute Gasteiger partial charge is 0.166 e. The van der Waals surface area contributed by atoms with Crippen LogP contribution in [0, 0.1) is 5.82 Å². The number of pyridine rings is 1. The van der Waals surface area contributed by atoms with Crippen LogP contribution < -0.4 is 15.8 Å². The first-order chi connectivity index (χ1) is 13.9. The van der Waals surface area contributed by atoms with E-state index >= 15 is 0 Å². The molecule has 0 bridgehead atoms. The van der Waals surface area contributed by atoms with Gasteiger partial charge < -0.3 is 15.8 Å². The Balaban J connectivity index is 1.60. The van der Waals surface area contributed by atoms with Gasteiger partial charge in [0.1, 0.15) is 11.9 Å². The molecule has 1 aliphatic heterocycles. The number of benzene rings is 1. The highest BCUT2D eigenvalue weighted by atomic mass is 35.5. The van der Waals surface area contributed by atoms with Crippen LogP contribution in [-0.2, 0) is 0 Å². The molecule has 1 saturated heterocycles. The van der Waals surface area contributed by atoms with Crippen molar-refractivity contribution in [1.82, 2.24) is 20.1 Å². The van der Waals surface area contributed by atoms with Crippen LogP contribution in [0.25, 0.3) is 11.1 Å². The lowest BCUT2D eigenvalue weighted by molar-refractivity contribution is 0.227. The average molecular weight is 436 g/mol. The molecule has 29 heavy (non-hydrogen) atoms. The van der Waals surface area contributed by atoms with Crippen molar-refractivity contribution in [3.05, 3.63) is 58.2 Å². The fourth-order valence-corrected chi connectivity index (χ4v) is 4.10. The Bertz CT molecular complexity index is 1040. The van der Waals surface area contributed by atoms with E-state index in [9.17, 15) is 4.39 Å². The van der Waals surface area contributed by atoms with Crippen LogP contribution in [-0.4, -0.2) is 27.9 Å².